The first-order chi connectivity index (χ1) is 6.33. The van der Waals surface area contributed by atoms with Crippen LogP contribution in [0.15, 0.2) is 0 Å². The molecule has 1 saturated carbocycles. The summed E-state index contributed by atoms with van der Waals surface area (Å²) >= 11 is 0. The largest absolute Gasteiger partial charge is 0.396 e. The molecular formula is C11H23NO. The third-order valence-corrected chi connectivity index (χ3v) is 3.30. The van der Waals surface area contributed by atoms with E-state index in [1.165, 1.54) is 44.9 Å². The van der Waals surface area contributed by atoms with Crippen molar-refractivity contribution in [3.05, 3.63) is 0 Å². The van der Waals surface area contributed by atoms with E-state index >= 15 is 0 Å². The Hall–Kier alpha value is -0.0800. The lowest BCUT2D eigenvalue weighted by Crippen LogP contribution is -2.36. The van der Waals surface area contributed by atoms with E-state index in [0.29, 0.717) is 6.61 Å². The molecule has 1 rings (SSSR count). The molecule has 0 aromatic rings. The fraction of sp³-hybridized carbons (Fsp3) is 1.00. The van der Waals surface area contributed by atoms with E-state index in [2.05, 4.69) is 5.32 Å². The molecule has 0 aromatic carbocycles. The van der Waals surface area contributed by atoms with Gasteiger partial charge in [-0.1, -0.05) is 32.1 Å². The van der Waals surface area contributed by atoms with Crippen LogP contribution >= 0.6 is 0 Å². The van der Waals surface area contributed by atoms with Gasteiger partial charge in [-0.25, -0.2) is 0 Å². The number of aliphatic hydroxyl groups is 1. The fourth-order valence-corrected chi connectivity index (χ4v) is 2.42. The van der Waals surface area contributed by atoms with Crippen LogP contribution in [0.1, 0.15) is 44.9 Å². The molecular weight excluding hydrogens is 162 g/mol. The van der Waals surface area contributed by atoms with Gasteiger partial charge in [0.05, 0.1) is 0 Å². The minimum Gasteiger partial charge on any atom is -0.396 e. The Balaban J connectivity index is 2.47. The molecule has 0 spiro atoms. The maximum Gasteiger partial charge on any atom is 0.0499 e. The Kier molecular flexibility index (Phi) is 4.74. The van der Waals surface area contributed by atoms with Crippen LogP contribution < -0.4 is 5.32 Å². The quantitative estimate of drug-likeness (QED) is 0.704. The molecule has 0 aromatic heterocycles. The van der Waals surface area contributed by atoms with E-state index in [1.807, 2.05) is 7.05 Å². The molecule has 0 amide bonds. The molecule has 0 aliphatic heterocycles. The Morgan fingerprint density at radius 2 is 1.62 bits per heavy atom. The van der Waals surface area contributed by atoms with Crippen molar-refractivity contribution in [3.63, 3.8) is 0 Å². The Bertz CT molecular complexity index is 128. The first-order valence-electron chi connectivity index (χ1n) is 5.58. The lowest BCUT2D eigenvalue weighted by Gasteiger charge is -2.33. The van der Waals surface area contributed by atoms with Crippen LogP contribution in [0.3, 0.4) is 0 Å². The van der Waals surface area contributed by atoms with Crippen molar-refractivity contribution >= 4 is 0 Å². The summed E-state index contributed by atoms with van der Waals surface area (Å²) < 4.78 is 0. The van der Waals surface area contributed by atoms with Gasteiger partial charge in [0.2, 0.25) is 0 Å². The fourth-order valence-electron chi connectivity index (χ4n) is 2.42. The number of rotatable bonds is 3. The van der Waals surface area contributed by atoms with Gasteiger partial charge in [0.15, 0.2) is 0 Å². The van der Waals surface area contributed by atoms with E-state index in [-0.39, 0.29) is 5.41 Å². The molecule has 0 atom stereocenters. The van der Waals surface area contributed by atoms with Gasteiger partial charge in [-0.15, -0.1) is 0 Å². The third kappa shape index (κ3) is 3.28. The van der Waals surface area contributed by atoms with E-state index in [9.17, 15) is 5.11 Å². The number of aliphatic hydroxyl groups excluding tert-OH is 1. The summed E-state index contributed by atoms with van der Waals surface area (Å²) in [6.07, 6.45) is 9.08. The van der Waals surface area contributed by atoms with Crippen molar-refractivity contribution in [3.8, 4) is 0 Å². The predicted octanol–water partition coefficient (Wildman–Crippen LogP) is 1.93. The summed E-state index contributed by atoms with van der Waals surface area (Å²) in [4.78, 5) is 0. The van der Waals surface area contributed by atoms with Crippen LogP contribution in [0.4, 0.5) is 0 Å². The number of nitrogens with one attached hydrogen (secondary N) is 1. The molecule has 2 nitrogen and oxygen atoms in total. The molecule has 0 heterocycles. The van der Waals surface area contributed by atoms with E-state index in [1.54, 1.807) is 0 Å². The topological polar surface area (TPSA) is 32.3 Å². The number of hydrogen-bond acceptors (Lipinski definition) is 2. The monoisotopic (exact) mass is 185 g/mol. The van der Waals surface area contributed by atoms with Gasteiger partial charge in [0, 0.05) is 18.6 Å². The molecule has 2 heteroatoms. The second kappa shape index (κ2) is 5.61. The normalized spacial score (nSPS) is 23.5. The molecule has 0 bridgehead atoms. The molecule has 2 N–H and O–H groups in total. The van der Waals surface area contributed by atoms with E-state index in [0.717, 1.165) is 6.54 Å². The van der Waals surface area contributed by atoms with Crippen LogP contribution in [-0.2, 0) is 0 Å². The lowest BCUT2D eigenvalue weighted by molar-refractivity contribution is 0.0942. The summed E-state index contributed by atoms with van der Waals surface area (Å²) in [7, 11) is 1.98. The standard InChI is InChI=1S/C11H23NO/c1-12-9-11(10-13)7-5-3-2-4-6-8-11/h12-13H,2-10H2,1H3. The van der Waals surface area contributed by atoms with Crippen molar-refractivity contribution in [2.45, 2.75) is 44.9 Å². The minimum absolute atomic E-state index is 0.190. The highest BCUT2D eigenvalue weighted by atomic mass is 16.3. The van der Waals surface area contributed by atoms with Gasteiger partial charge in [-0.2, -0.15) is 0 Å². The average molecular weight is 185 g/mol. The van der Waals surface area contributed by atoms with E-state index < -0.39 is 0 Å². The van der Waals surface area contributed by atoms with Crippen LogP contribution in [0.5, 0.6) is 0 Å². The molecule has 0 unspecified atom stereocenters. The van der Waals surface area contributed by atoms with Gasteiger partial charge in [-0.05, 0) is 19.9 Å². The van der Waals surface area contributed by atoms with Crippen molar-refractivity contribution < 1.29 is 5.11 Å². The molecule has 78 valence electrons. The summed E-state index contributed by atoms with van der Waals surface area (Å²) in [5.41, 5.74) is 0.190. The maximum atomic E-state index is 9.45. The highest BCUT2D eigenvalue weighted by molar-refractivity contribution is 4.81. The predicted molar refractivity (Wildman–Crippen MR) is 55.8 cm³/mol. The lowest BCUT2D eigenvalue weighted by atomic mass is 9.77. The number of hydrogen-bond donors (Lipinski definition) is 2. The van der Waals surface area contributed by atoms with Gasteiger partial charge < -0.3 is 10.4 Å². The minimum atomic E-state index is 0.190. The van der Waals surface area contributed by atoms with Crippen LogP contribution in [0.2, 0.25) is 0 Å². The maximum absolute atomic E-state index is 9.45. The molecule has 1 fully saturated rings. The van der Waals surface area contributed by atoms with Gasteiger partial charge >= 0.3 is 0 Å². The summed E-state index contributed by atoms with van der Waals surface area (Å²) in [5.74, 6) is 0. The Labute approximate surface area is 81.7 Å². The highest BCUT2D eigenvalue weighted by Crippen LogP contribution is 2.32. The second-order valence-electron chi connectivity index (χ2n) is 4.46. The van der Waals surface area contributed by atoms with Gasteiger partial charge in [-0.3, -0.25) is 0 Å². The first kappa shape index (κ1) is 11.0. The van der Waals surface area contributed by atoms with Crippen molar-refractivity contribution in [2.75, 3.05) is 20.2 Å². The molecule has 0 saturated heterocycles. The zero-order valence-corrected chi connectivity index (χ0v) is 8.81. The van der Waals surface area contributed by atoms with Gasteiger partial charge in [0.1, 0.15) is 0 Å². The molecule has 1 aliphatic rings. The van der Waals surface area contributed by atoms with Crippen LogP contribution in [-0.4, -0.2) is 25.3 Å². The van der Waals surface area contributed by atoms with Crippen molar-refractivity contribution in [1.29, 1.82) is 0 Å². The molecule has 1 aliphatic carbocycles. The van der Waals surface area contributed by atoms with Crippen molar-refractivity contribution in [1.82, 2.24) is 5.32 Å². The van der Waals surface area contributed by atoms with Crippen molar-refractivity contribution in [2.24, 2.45) is 5.41 Å². The zero-order valence-electron chi connectivity index (χ0n) is 8.81. The summed E-state index contributed by atoms with van der Waals surface area (Å²) in [6, 6.07) is 0. The Morgan fingerprint density at radius 1 is 1.08 bits per heavy atom. The molecule has 0 radical (unpaired) electrons. The molecule has 13 heavy (non-hydrogen) atoms. The summed E-state index contributed by atoms with van der Waals surface area (Å²) in [5, 5.41) is 12.7. The SMILES string of the molecule is CNCC1(CO)CCCCCCC1. The van der Waals surface area contributed by atoms with Crippen LogP contribution in [0.25, 0.3) is 0 Å². The zero-order chi connectivity index (χ0) is 9.57. The Morgan fingerprint density at radius 3 is 2.08 bits per heavy atom. The van der Waals surface area contributed by atoms with Gasteiger partial charge in [0.25, 0.3) is 0 Å². The first-order valence-corrected chi connectivity index (χ1v) is 5.58. The smallest absolute Gasteiger partial charge is 0.0499 e. The second-order valence-corrected chi connectivity index (χ2v) is 4.46. The third-order valence-electron chi connectivity index (χ3n) is 3.30. The van der Waals surface area contributed by atoms with Crippen LogP contribution in [0, 0.1) is 5.41 Å². The highest BCUT2D eigenvalue weighted by Gasteiger charge is 2.28. The summed E-state index contributed by atoms with van der Waals surface area (Å²) in [6.45, 7) is 1.33. The van der Waals surface area contributed by atoms with E-state index in [4.69, 9.17) is 0 Å². The average Bonchev–Trinajstić information content (AvgIpc) is 2.10.